The fourth-order valence-electron chi connectivity index (χ4n) is 3.16. The maximum absolute atomic E-state index is 12.9. The topological polar surface area (TPSA) is 66.9 Å². The number of piperidine rings is 1. The second-order valence-corrected chi connectivity index (χ2v) is 7.77. The number of benzene rings is 1. The summed E-state index contributed by atoms with van der Waals surface area (Å²) in [5, 5.41) is 0. The summed E-state index contributed by atoms with van der Waals surface area (Å²) >= 11 is 0. The molecule has 7 heteroatoms. The zero-order valence-electron chi connectivity index (χ0n) is 13.1. The van der Waals surface area contributed by atoms with E-state index in [1.807, 2.05) is 0 Å². The molecule has 0 N–H and O–H groups in total. The summed E-state index contributed by atoms with van der Waals surface area (Å²) in [6, 6.07) is 7.77. The van der Waals surface area contributed by atoms with Crippen molar-refractivity contribution in [3.8, 4) is 0 Å². The predicted molar refractivity (Wildman–Crippen MR) is 85.4 cm³/mol. The lowest BCUT2D eigenvalue weighted by molar-refractivity contribution is -0.140. The van der Waals surface area contributed by atoms with Crippen molar-refractivity contribution in [2.24, 2.45) is 0 Å². The number of nitrogens with zero attached hydrogens (tertiary/aromatic N) is 2. The van der Waals surface area contributed by atoms with Crippen molar-refractivity contribution < 1.29 is 17.9 Å². The fourth-order valence-corrected chi connectivity index (χ4v) is 4.83. The molecule has 0 unspecified atom stereocenters. The monoisotopic (exact) mass is 338 g/mol. The molecule has 2 heterocycles. The van der Waals surface area contributed by atoms with Crippen LogP contribution in [0, 0.1) is 0 Å². The molecule has 2 aliphatic heterocycles. The van der Waals surface area contributed by atoms with Crippen molar-refractivity contribution in [2.75, 3.05) is 32.8 Å². The van der Waals surface area contributed by atoms with E-state index < -0.39 is 16.1 Å². The van der Waals surface area contributed by atoms with Crippen molar-refractivity contribution in [1.82, 2.24) is 9.21 Å². The van der Waals surface area contributed by atoms with E-state index in [0.29, 0.717) is 39.3 Å². The summed E-state index contributed by atoms with van der Waals surface area (Å²) in [6.07, 6.45) is 2.25. The fraction of sp³-hybridized carbons (Fsp3) is 0.562. The van der Waals surface area contributed by atoms with E-state index in [0.717, 1.165) is 12.8 Å². The van der Waals surface area contributed by atoms with Gasteiger partial charge in [-0.25, -0.2) is 8.42 Å². The summed E-state index contributed by atoms with van der Waals surface area (Å²) in [5.74, 6) is -0.0903. The maximum Gasteiger partial charge on any atom is 0.243 e. The molecular formula is C16H22N2O4S. The number of hydrogen-bond donors (Lipinski definition) is 0. The normalized spacial score (nSPS) is 23.7. The zero-order valence-corrected chi connectivity index (χ0v) is 13.9. The number of hydrogen-bond acceptors (Lipinski definition) is 4. The quantitative estimate of drug-likeness (QED) is 0.827. The molecule has 0 bridgehead atoms. The number of morpholine rings is 1. The van der Waals surface area contributed by atoms with Gasteiger partial charge in [-0.2, -0.15) is 4.31 Å². The van der Waals surface area contributed by atoms with Crippen molar-refractivity contribution in [3.63, 3.8) is 0 Å². The average Bonchev–Trinajstić information content (AvgIpc) is 2.62. The van der Waals surface area contributed by atoms with Crippen LogP contribution in [-0.4, -0.2) is 62.4 Å². The lowest BCUT2D eigenvalue weighted by Gasteiger charge is -2.37. The SMILES string of the molecule is O=C([C@H]1CCCCN1S(=O)(=O)c1ccccc1)N1CCOCC1. The largest absolute Gasteiger partial charge is 0.378 e. The Kier molecular flexibility index (Phi) is 4.99. The molecule has 3 rings (SSSR count). The van der Waals surface area contributed by atoms with Gasteiger partial charge in [0.1, 0.15) is 6.04 Å². The Morgan fingerprint density at radius 1 is 1.04 bits per heavy atom. The molecule has 1 atom stereocenters. The number of carbonyl (C=O) groups excluding carboxylic acids is 1. The van der Waals surface area contributed by atoms with Gasteiger partial charge in [0, 0.05) is 19.6 Å². The molecule has 2 saturated heterocycles. The van der Waals surface area contributed by atoms with Gasteiger partial charge >= 0.3 is 0 Å². The first-order valence-corrected chi connectivity index (χ1v) is 9.48. The van der Waals surface area contributed by atoms with Crippen molar-refractivity contribution in [1.29, 1.82) is 0 Å². The van der Waals surface area contributed by atoms with E-state index in [-0.39, 0.29) is 10.8 Å². The lowest BCUT2D eigenvalue weighted by atomic mass is 10.0. The molecule has 0 spiro atoms. The number of ether oxygens (including phenoxy) is 1. The smallest absolute Gasteiger partial charge is 0.243 e. The van der Waals surface area contributed by atoms with E-state index in [2.05, 4.69) is 0 Å². The first-order chi connectivity index (χ1) is 11.1. The van der Waals surface area contributed by atoms with Gasteiger partial charge in [-0.05, 0) is 25.0 Å². The molecule has 1 aromatic rings. The van der Waals surface area contributed by atoms with Crippen LogP contribution in [0.2, 0.25) is 0 Å². The van der Waals surface area contributed by atoms with Crippen LogP contribution in [0.25, 0.3) is 0 Å². The van der Waals surface area contributed by atoms with E-state index in [9.17, 15) is 13.2 Å². The second-order valence-electron chi connectivity index (χ2n) is 5.88. The van der Waals surface area contributed by atoms with Gasteiger partial charge in [-0.15, -0.1) is 0 Å². The molecule has 0 saturated carbocycles. The molecule has 2 aliphatic rings. The number of carbonyl (C=O) groups is 1. The molecule has 1 aromatic carbocycles. The van der Waals surface area contributed by atoms with Crippen molar-refractivity contribution >= 4 is 15.9 Å². The third-order valence-electron chi connectivity index (χ3n) is 4.41. The summed E-state index contributed by atoms with van der Waals surface area (Å²) in [5.41, 5.74) is 0. The standard InChI is InChI=1S/C16H22N2O4S/c19-16(17-10-12-22-13-11-17)15-8-4-5-9-18(15)23(20,21)14-6-2-1-3-7-14/h1-3,6-7,15H,4-5,8-13H2/t15-/m1/s1. The molecule has 0 radical (unpaired) electrons. The van der Waals surface area contributed by atoms with Crippen LogP contribution in [0.3, 0.4) is 0 Å². The van der Waals surface area contributed by atoms with Crippen LogP contribution >= 0.6 is 0 Å². The Hall–Kier alpha value is -1.44. The van der Waals surface area contributed by atoms with Gasteiger partial charge in [0.2, 0.25) is 15.9 Å². The number of amides is 1. The highest BCUT2D eigenvalue weighted by Gasteiger charge is 2.39. The Bertz CT molecular complexity index is 641. The maximum atomic E-state index is 12.9. The van der Waals surface area contributed by atoms with Gasteiger partial charge in [0.15, 0.2) is 0 Å². The average molecular weight is 338 g/mol. The van der Waals surface area contributed by atoms with Crippen LogP contribution in [0.1, 0.15) is 19.3 Å². The third kappa shape index (κ3) is 3.41. The van der Waals surface area contributed by atoms with Gasteiger partial charge in [0.25, 0.3) is 0 Å². The molecule has 23 heavy (non-hydrogen) atoms. The van der Waals surface area contributed by atoms with Gasteiger partial charge < -0.3 is 9.64 Å². The first kappa shape index (κ1) is 16.4. The molecule has 6 nitrogen and oxygen atoms in total. The minimum absolute atomic E-state index is 0.0903. The first-order valence-electron chi connectivity index (χ1n) is 8.04. The Morgan fingerprint density at radius 3 is 2.43 bits per heavy atom. The molecular weight excluding hydrogens is 316 g/mol. The van der Waals surface area contributed by atoms with E-state index in [1.165, 1.54) is 4.31 Å². The highest BCUT2D eigenvalue weighted by atomic mass is 32.2. The Balaban J connectivity index is 1.85. The molecule has 1 amide bonds. The van der Waals surface area contributed by atoms with Crippen LogP contribution in [0.15, 0.2) is 35.2 Å². The third-order valence-corrected chi connectivity index (χ3v) is 6.33. The number of rotatable bonds is 3. The van der Waals surface area contributed by atoms with E-state index in [4.69, 9.17) is 4.74 Å². The van der Waals surface area contributed by atoms with Crippen LogP contribution in [-0.2, 0) is 19.6 Å². The summed E-state index contributed by atoms with van der Waals surface area (Å²) in [4.78, 5) is 14.8. The van der Waals surface area contributed by atoms with Crippen molar-refractivity contribution in [2.45, 2.75) is 30.2 Å². The van der Waals surface area contributed by atoms with Gasteiger partial charge in [-0.1, -0.05) is 24.6 Å². The van der Waals surface area contributed by atoms with E-state index >= 15 is 0 Å². The Morgan fingerprint density at radius 2 is 1.74 bits per heavy atom. The van der Waals surface area contributed by atoms with Crippen molar-refractivity contribution in [3.05, 3.63) is 30.3 Å². The van der Waals surface area contributed by atoms with E-state index in [1.54, 1.807) is 35.2 Å². The highest BCUT2D eigenvalue weighted by molar-refractivity contribution is 7.89. The summed E-state index contributed by atoms with van der Waals surface area (Å²) in [7, 11) is -3.64. The minimum atomic E-state index is -3.64. The second kappa shape index (κ2) is 6.98. The number of sulfonamides is 1. The minimum Gasteiger partial charge on any atom is -0.378 e. The van der Waals surface area contributed by atoms with Gasteiger partial charge in [-0.3, -0.25) is 4.79 Å². The summed E-state index contributed by atoms with van der Waals surface area (Å²) < 4.78 is 32.5. The van der Waals surface area contributed by atoms with Crippen LogP contribution in [0.4, 0.5) is 0 Å². The highest BCUT2D eigenvalue weighted by Crippen LogP contribution is 2.26. The summed E-state index contributed by atoms with van der Waals surface area (Å²) in [6.45, 7) is 2.51. The lowest BCUT2D eigenvalue weighted by Crippen LogP contribution is -2.54. The van der Waals surface area contributed by atoms with Crippen LogP contribution < -0.4 is 0 Å². The Labute approximate surface area is 137 Å². The zero-order chi connectivity index (χ0) is 16.3. The molecule has 2 fully saturated rings. The molecule has 126 valence electrons. The molecule has 0 aliphatic carbocycles. The van der Waals surface area contributed by atoms with Gasteiger partial charge in [0.05, 0.1) is 18.1 Å². The predicted octanol–water partition coefficient (Wildman–Crippen LogP) is 1.09. The molecule has 0 aromatic heterocycles. The van der Waals surface area contributed by atoms with Crippen LogP contribution in [0.5, 0.6) is 0 Å².